The van der Waals surface area contributed by atoms with Gasteiger partial charge in [0, 0.05) is 13.6 Å². The fourth-order valence-electron chi connectivity index (χ4n) is 3.99. The lowest BCUT2D eigenvalue weighted by Gasteiger charge is -2.28. The number of phenolic OH excluding ortho intramolecular Hbond substituents is 1. The van der Waals surface area contributed by atoms with Crippen molar-refractivity contribution in [3.63, 3.8) is 0 Å². The van der Waals surface area contributed by atoms with Crippen LogP contribution in [0.3, 0.4) is 0 Å². The summed E-state index contributed by atoms with van der Waals surface area (Å²) < 4.78 is 5.98. The van der Waals surface area contributed by atoms with Gasteiger partial charge < -0.3 is 26.0 Å². The minimum absolute atomic E-state index is 0.0576. The number of nitrogen functional groups attached to an aromatic ring is 1. The molecule has 1 amide bonds. The van der Waals surface area contributed by atoms with Crippen molar-refractivity contribution in [1.82, 2.24) is 10.3 Å². The number of carboxylic acid groups (broad SMARTS) is 1. The lowest BCUT2D eigenvalue weighted by molar-refractivity contribution is 0.203. The fourth-order valence-corrected chi connectivity index (χ4v) is 3.99. The summed E-state index contributed by atoms with van der Waals surface area (Å²) in [6.07, 6.45) is 3.13. The molecular weight excluding hydrogens is 384 g/mol. The smallest absolute Gasteiger partial charge is 0.411 e. The van der Waals surface area contributed by atoms with Crippen molar-refractivity contribution in [2.45, 2.75) is 31.6 Å². The van der Waals surface area contributed by atoms with E-state index < -0.39 is 6.09 Å². The van der Waals surface area contributed by atoms with Crippen molar-refractivity contribution in [2.24, 2.45) is 5.92 Å². The van der Waals surface area contributed by atoms with Gasteiger partial charge in [0.2, 0.25) is 0 Å². The number of anilines is 2. The van der Waals surface area contributed by atoms with E-state index in [4.69, 9.17) is 10.5 Å². The van der Waals surface area contributed by atoms with Gasteiger partial charge in [0.1, 0.15) is 17.3 Å². The van der Waals surface area contributed by atoms with Crippen LogP contribution < -0.4 is 20.7 Å². The third-order valence-electron chi connectivity index (χ3n) is 5.84. The van der Waals surface area contributed by atoms with E-state index in [9.17, 15) is 15.0 Å². The van der Waals surface area contributed by atoms with E-state index >= 15 is 0 Å². The molecule has 0 spiro atoms. The molecule has 5 N–H and O–H groups in total. The lowest BCUT2D eigenvalue weighted by atomic mass is 9.89. The molecule has 1 aromatic heterocycles. The SMILES string of the molecule is CN(C(=O)O)c1c(C2CCCNC2)cc(-c2c(O)cccc2OCC2CC2)nc1N. The number of piperidine rings is 1. The molecule has 1 saturated carbocycles. The van der Waals surface area contributed by atoms with Gasteiger partial charge in [-0.2, -0.15) is 0 Å². The molecule has 2 aliphatic rings. The first-order chi connectivity index (χ1) is 14.5. The average molecular weight is 412 g/mol. The maximum atomic E-state index is 11.7. The van der Waals surface area contributed by atoms with Crippen molar-refractivity contribution < 1.29 is 19.7 Å². The number of ether oxygens (including phenoxy) is 1. The molecule has 1 saturated heterocycles. The molecule has 1 unspecified atom stereocenters. The zero-order valence-electron chi connectivity index (χ0n) is 17.1. The lowest BCUT2D eigenvalue weighted by Crippen LogP contribution is -2.32. The van der Waals surface area contributed by atoms with Crippen LogP contribution in [0, 0.1) is 5.92 Å². The predicted octanol–water partition coefficient (Wildman–Crippen LogP) is 3.41. The summed E-state index contributed by atoms with van der Waals surface area (Å²) in [5, 5.41) is 23.5. The second kappa shape index (κ2) is 8.39. The first kappa shape index (κ1) is 20.3. The number of pyridine rings is 1. The maximum Gasteiger partial charge on any atom is 0.411 e. The van der Waals surface area contributed by atoms with Crippen LogP contribution in [0.15, 0.2) is 24.3 Å². The molecule has 30 heavy (non-hydrogen) atoms. The molecule has 0 bridgehead atoms. The van der Waals surface area contributed by atoms with Crippen LogP contribution in [0.2, 0.25) is 0 Å². The van der Waals surface area contributed by atoms with Gasteiger partial charge in [-0.1, -0.05) is 6.07 Å². The number of hydrogen-bond acceptors (Lipinski definition) is 6. The largest absolute Gasteiger partial charge is 0.507 e. The number of nitrogens with one attached hydrogen (secondary N) is 1. The molecule has 1 aliphatic carbocycles. The van der Waals surface area contributed by atoms with Gasteiger partial charge in [-0.3, -0.25) is 4.90 Å². The third-order valence-corrected chi connectivity index (χ3v) is 5.84. The van der Waals surface area contributed by atoms with Crippen LogP contribution in [0.5, 0.6) is 11.5 Å². The Hall–Kier alpha value is -3.00. The van der Waals surface area contributed by atoms with Crippen LogP contribution in [0.4, 0.5) is 16.3 Å². The van der Waals surface area contributed by atoms with Gasteiger partial charge in [0.15, 0.2) is 0 Å². The quantitative estimate of drug-likeness (QED) is 0.574. The molecule has 8 heteroatoms. The Morgan fingerprint density at radius 1 is 1.37 bits per heavy atom. The monoisotopic (exact) mass is 412 g/mol. The summed E-state index contributed by atoms with van der Waals surface area (Å²) in [5.74, 6) is 1.40. The summed E-state index contributed by atoms with van der Waals surface area (Å²) in [7, 11) is 1.47. The first-order valence-electron chi connectivity index (χ1n) is 10.4. The number of phenols is 1. The molecule has 2 fully saturated rings. The number of benzene rings is 1. The second-order valence-corrected chi connectivity index (χ2v) is 8.12. The Morgan fingerprint density at radius 3 is 2.83 bits per heavy atom. The molecule has 160 valence electrons. The highest BCUT2D eigenvalue weighted by atomic mass is 16.5. The highest BCUT2D eigenvalue weighted by Gasteiger charge is 2.28. The predicted molar refractivity (Wildman–Crippen MR) is 115 cm³/mol. The Balaban J connectivity index is 1.81. The number of aromatic hydroxyl groups is 1. The Kier molecular flexibility index (Phi) is 5.67. The molecule has 4 rings (SSSR count). The Labute approximate surface area is 175 Å². The van der Waals surface area contributed by atoms with Crippen LogP contribution in [0.25, 0.3) is 11.3 Å². The van der Waals surface area contributed by atoms with Gasteiger partial charge in [-0.15, -0.1) is 0 Å². The van der Waals surface area contributed by atoms with Crippen molar-refractivity contribution in [3.05, 3.63) is 29.8 Å². The number of aromatic nitrogens is 1. The molecule has 8 nitrogen and oxygen atoms in total. The molecule has 2 heterocycles. The number of rotatable bonds is 6. The van der Waals surface area contributed by atoms with Crippen LogP contribution in [-0.2, 0) is 0 Å². The highest BCUT2D eigenvalue weighted by Crippen LogP contribution is 2.43. The van der Waals surface area contributed by atoms with Crippen LogP contribution >= 0.6 is 0 Å². The van der Waals surface area contributed by atoms with E-state index in [1.165, 1.54) is 7.05 Å². The zero-order chi connectivity index (χ0) is 21.3. The number of hydrogen-bond donors (Lipinski definition) is 4. The van der Waals surface area contributed by atoms with E-state index in [-0.39, 0.29) is 17.5 Å². The van der Waals surface area contributed by atoms with Crippen molar-refractivity contribution in [3.8, 4) is 22.8 Å². The van der Waals surface area contributed by atoms with Crippen molar-refractivity contribution >= 4 is 17.6 Å². The Bertz CT molecular complexity index is 939. The molecule has 1 aliphatic heterocycles. The van der Waals surface area contributed by atoms with Crippen molar-refractivity contribution in [1.29, 1.82) is 0 Å². The molecule has 0 radical (unpaired) electrons. The summed E-state index contributed by atoms with van der Waals surface area (Å²) >= 11 is 0. The van der Waals surface area contributed by atoms with E-state index in [0.29, 0.717) is 35.2 Å². The second-order valence-electron chi connectivity index (χ2n) is 8.12. The van der Waals surface area contributed by atoms with E-state index in [0.717, 1.165) is 49.2 Å². The summed E-state index contributed by atoms with van der Waals surface area (Å²) in [6, 6.07) is 7.00. The topological polar surface area (TPSA) is 121 Å². The summed E-state index contributed by atoms with van der Waals surface area (Å²) in [4.78, 5) is 17.3. The van der Waals surface area contributed by atoms with Gasteiger partial charge in [-0.05, 0) is 67.8 Å². The maximum absolute atomic E-state index is 11.7. The van der Waals surface area contributed by atoms with E-state index in [2.05, 4.69) is 10.3 Å². The molecule has 2 aromatic rings. The minimum atomic E-state index is -1.10. The van der Waals surface area contributed by atoms with Crippen molar-refractivity contribution in [2.75, 3.05) is 37.4 Å². The molecular formula is C22H28N4O4. The van der Waals surface area contributed by atoms with E-state index in [1.54, 1.807) is 12.1 Å². The molecule has 1 atom stereocenters. The summed E-state index contributed by atoms with van der Waals surface area (Å²) in [5.41, 5.74) is 8.46. The van der Waals surface area contributed by atoms with E-state index in [1.807, 2.05) is 12.1 Å². The third kappa shape index (κ3) is 4.14. The standard InChI is InChI=1S/C22H28N4O4/c1-26(22(28)29)20-15(14-4-3-9-24-11-14)10-16(25-21(20)23)19-17(27)5-2-6-18(19)30-12-13-7-8-13/h2,5-6,10,13-14,24,27H,3-4,7-9,11-12H2,1H3,(H2,23,25)(H,28,29). The molecule has 1 aromatic carbocycles. The average Bonchev–Trinajstić information content (AvgIpc) is 3.56. The van der Waals surface area contributed by atoms with Gasteiger partial charge >= 0.3 is 6.09 Å². The normalized spacial score (nSPS) is 18.8. The zero-order valence-corrected chi connectivity index (χ0v) is 17.1. The van der Waals surface area contributed by atoms with Gasteiger partial charge in [0.25, 0.3) is 0 Å². The first-order valence-corrected chi connectivity index (χ1v) is 10.4. The van der Waals surface area contributed by atoms with Gasteiger partial charge in [0.05, 0.1) is 23.6 Å². The summed E-state index contributed by atoms with van der Waals surface area (Å²) in [6.45, 7) is 2.27. The number of nitrogens with zero attached hydrogens (tertiary/aromatic N) is 2. The van der Waals surface area contributed by atoms with Gasteiger partial charge in [-0.25, -0.2) is 9.78 Å². The number of nitrogens with two attached hydrogens (primary N) is 1. The highest BCUT2D eigenvalue weighted by molar-refractivity contribution is 5.92. The number of amides is 1. The minimum Gasteiger partial charge on any atom is -0.507 e. The Morgan fingerprint density at radius 2 is 2.17 bits per heavy atom. The number of carbonyl (C=O) groups is 1. The fraction of sp³-hybridized carbons (Fsp3) is 0.455. The van der Waals surface area contributed by atoms with Crippen LogP contribution in [-0.4, -0.2) is 48.0 Å². The van der Waals surface area contributed by atoms with Crippen LogP contribution in [0.1, 0.15) is 37.2 Å².